The van der Waals surface area contributed by atoms with E-state index in [2.05, 4.69) is 10.1 Å². The zero-order chi connectivity index (χ0) is 16.3. The summed E-state index contributed by atoms with van der Waals surface area (Å²) < 4.78 is 40.3. The van der Waals surface area contributed by atoms with Gasteiger partial charge in [0.25, 0.3) is 5.91 Å². The fraction of sp³-hybridized carbons (Fsp3) is 0.133. The van der Waals surface area contributed by atoms with Crippen molar-refractivity contribution in [1.29, 1.82) is 0 Å². The lowest BCUT2D eigenvalue weighted by molar-refractivity contribution is -0.274. The number of carbonyl (C=O) groups excluding carboxylic acids is 1. The summed E-state index contributed by atoms with van der Waals surface area (Å²) in [6.45, 7) is 1.80. The smallest absolute Gasteiger partial charge is 0.406 e. The summed E-state index contributed by atoms with van der Waals surface area (Å²) in [6, 6.07) is 9.81. The molecule has 0 unspecified atom stereocenters. The fourth-order valence-corrected chi connectivity index (χ4v) is 1.76. The zero-order valence-electron chi connectivity index (χ0n) is 11.6. The molecular formula is C15H13F3N2O2. The van der Waals surface area contributed by atoms with Gasteiger partial charge in [0, 0.05) is 23.0 Å². The van der Waals surface area contributed by atoms with Gasteiger partial charge in [0.2, 0.25) is 0 Å². The van der Waals surface area contributed by atoms with E-state index >= 15 is 0 Å². The van der Waals surface area contributed by atoms with E-state index in [1.165, 1.54) is 18.2 Å². The summed E-state index contributed by atoms with van der Waals surface area (Å²) in [7, 11) is 0. The first kappa shape index (κ1) is 15.7. The highest BCUT2D eigenvalue weighted by molar-refractivity contribution is 6.04. The summed E-state index contributed by atoms with van der Waals surface area (Å²) in [5.41, 5.74) is 7.51. The second-order valence-corrected chi connectivity index (χ2v) is 4.60. The van der Waals surface area contributed by atoms with E-state index in [1.807, 2.05) is 0 Å². The third kappa shape index (κ3) is 4.15. The van der Waals surface area contributed by atoms with Gasteiger partial charge in [0.1, 0.15) is 5.75 Å². The molecule has 2 aromatic carbocycles. The van der Waals surface area contributed by atoms with Crippen molar-refractivity contribution < 1.29 is 22.7 Å². The van der Waals surface area contributed by atoms with Crippen molar-refractivity contribution in [1.82, 2.24) is 0 Å². The molecule has 0 aliphatic heterocycles. The molecule has 0 atom stereocenters. The van der Waals surface area contributed by atoms with Crippen molar-refractivity contribution in [3.05, 3.63) is 53.6 Å². The van der Waals surface area contributed by atoms with Crippen molar-refractivity contribution in [2.75, 3.05) is 11.1 Å². The molecule has 0 spiro atoms. The number of alkyl halides is 3. The first-order valence-electron chi connectivity index (χ1n) is 6.28. The summed E-state index contributed by atoms with van der Waals surface area (Å²) in [4.78, 5) is 12.0. The molecule has 4 nitrogen and oxygen atoms in total. The van der Waals surface area contributed by atoms with E-state index in [0.717, 1.165) is 17.7 Å². The lowest BCUT2D eigenvalue weighted by Gasteiger charge is -2.11. The molecule has 116 valence electrons. The second kappa shape index (κ2) is 5.97. The van der Waals surface area contributed by atoms with Crippen LogP contribution in [0.15, 0.2) is 42.5 Å². The Bertz CT molecular complexity index is 699. The second-order valence-electron chi connectivity index (χ2n) is 4.60. The topological polar surface area (TPSA) is 64.3 Å². The van der Waals surface area contributed by atoms with Gasteiger partial charge in [-0.15, -0.1) is 13.2 Å². The molecule has 22 heavy (non-hydrogen) atoms. The number of amides is 1. The highest BCUT2D eigenvalue weighted by Gasteiger charge is 2.31. The summed E-state index contributed by atoms with van der Waals surface area (Å²) >= 11 is 0. The van der Waals surface area contributed by atoms with Gasteiger partial charge in [-0.25, -0.2) is 0 Å². The number of nitrogens with two attached hydrogens (primary N) is 1. The van der Waals surface area contributed by atoms with Crippen LogP contribution in [0.4, 0.5) is 24.5 Å². The Morgan fingerprint density at radius 3 is 2.55 bits per heavy atom. The molecule has 0 saturated heterocycles. The third-order valence-corrected chi connectivity index (χ3v) is 2.87. The van der Waals surface area contributed by atoms with Gasteiger partial charge in [-0.05, 0) is 36.8 Å². The quantitative estimate of drug-likeness (QED) is 0.849. The Balaban J connectivity index is 2.14. The third-order valence-electron chi connectivity index (χ3n) is 2.87. The largest absolute Gasteiger partial charge is 0.573 e. The van der Waals surface area contributed by atoms with Gasteiger partial charge >= 0.3 is 6.36 Å². The van der Waals surface area contributed by atoms with E-state index in [0.29, 0.717) is 11.3 Å². The number of carbonyl (C=O) groups is 1. The van der Waals surface area contributed by atoms with Crippen LogP contribution in [-0.4, -0.2) is 12.3 Å². The van der Waals surface area contributed by atoms with Gasteiger partial charge in [0.15, 0.2) is 0 Å². The van der Waals surface area contributed by atoms with Crippen LogP contribution in [0.1, 0.15) is 15.9 Å². The van der Waals surface area contributed by atoms with Gasteiger partial charge in [-0.1, -0.05) is 12.1 Å². The van der Waals surface area contributed by atoms with Gasteiger partial charge in [-0.2, -0.15) is 0 Å². The number of benzene rings is 2. The molecule has 0 radical (unpaired) electrons. The van der Waals surface area contributed by atoms with Crippen molar-refractivity contribution in [3.63, 3.8) is 0 Å². The normalized spacial score (nSPS) is 11.1. The lowest BCUT2D eigenvalue weighted by atomic mass is 10.1. The van der Waals surface area contributed by atoms with Gasteiger partial charge < -0.3 is 15.8 Å². The SMILES string of the molecule is Cc1ccc(C(=O)Nc2cccc(OC(F)(F)F)c2)cc1N. The molecule has 0 aliphatic rings. The minimum absolute atomic E-state index is 0.186. The Hall–Kier alpha value is -2.70. The van der Waals surface area contributed by atoms with Crippen LogP contribution < -0.4 is 15.8 Å². The zero-order valence-corrected chi connectivity index (χ0v) is 11.6. The average Bonchev–Trinajstić information content (AvgIpc) is 2.40. The first-order valence-corrected chi connectivity index (χ1v) is 6.28. The minimum Gasteiger partial charge on any atom is -0.406 e. The van der Waals surface area contributed by atoms with Crippen LogP contribution in [0.25, 0.3) is 0 Å². The number of rotatable bonds is 3. The maximum absolute atomic E-state index is 12.2. The highest BCUT2D eigenvalue weighted by atomic mass is 19.4. The molecule has 0 aromatic heterocycles. The van der Waals surface area contributed by atoms with Crippen LogP contribution in [0.5, 0.6) is 5.75 Å². The number of aryl methyl sites for hydroxylation is 1. The Labute approximate surface area is 124 Å². The van der Waals surface area contributed by atoms with Crippen LogP contribution in [0.3, 0.4) is 0 Å². The summed E-state index contributed by atoms with van der Waals surface area (Å²) in [5.74, 6) is -0.885. The van der Waals surface area contributed by atoms with E-state index < -0.39 is 18.0 Å². The molecular weight excluding hydrogens is 297 g/mol. The lowest BCUT2D eigenvalue weighted by Crippen LogP contribution is -2.17. The predicted molar refractivity (Wildman–Crippen MR) is 76.7 cm³/mol. The number of anilines is 2. The van der Waals surface area contributed by atoms with E-state index in [1.54, 1.807) is 19.1 Å². The molecule has 0 fully saturated rings. The van der Waals surface area contributed by atoms with Crippen LogP contribution >= 0.6 is 0 Å². The molecule has 0 bridgehead atoms. The van der Waals surface area contributed by atoms with Crippen LogP contribution in [0.2, 0.25) is 0 Å². The van der Waals surface area contributed by atoms with E-state index in [4.69, 9.17) is 5.73 Å². The van der Waals surface area contributed by atoms with Crippen molar-refractivity contribution >= 4 is 17.3 Å². The maximum Gasteiger partial charge on any atom is 0.573 e. The number of hydrogen-bond donors (Lipinski definition) is 2. The molecule has 0 saturated carbocycles. The molecule has 1 amide bonds. The maximum atomic E-state index is 12.2. The Morgan fingerprint density at radius 1 is 1.18 bits per heavy atom. The van der Waals surface area contributed by atoms with Crippen LogP contribution in [0, 0.1) is 6.92 Å². The van der Waals surface area contributed by atoms with Crippen LogP contribution in [-0.2, 0) is 0 Å². The molecule has 2 aromatic rings. The van der Waals surface area contributed by atoms with E-state index in [-0.39, 0.29) is 5.69 Å². The molecule has 0 aliphatic carbocycles. The average molecular weight is 310 g/mol. The minimum atomic E-state index is -4.78. The predicted octanol–water partition coefficient (Wildman–Crippen LogP) is 3.73. The number of ether oxygens (including phenoxy) is 1. The van der Waals surface area contributed by atoms with Crippen molar-refractivity contribution in [2.45, 2.75) is 13.3 Å². The highest BCUT2D eigenvalue weighted by Crippen LogP contribution is 2.25. The fourth-order valence-electron chi connectivity index (χ4n) is 1.76. The number of nitrogens with one attached hydrogen (secondary N) is 1. The Morgan fingerprint density at radius 2 is 1.91 bits per heavy atom. The number of halogens is 3. The molecule has 3 N–H and O–H groups in total. The Kier molecular flexibility index (Phi) is 4.25. The number of nitrogen functional groups attached to an aromatic ring is 1. The molecule has 2 rings (SSSR count). The summed E-state index contributed by atoms with van der Waals surface area (Å²) in [5, 5.41) is 2.49. The monoisotopic (exact) mass is 310 g/mol. The van der Waals surface area contributed by atoms with E-state index in [9.17, 15) is 18.0 Å². The molecule has 0 heterocycles. The van der Waals surface area contributed by atoms with Crippen molar-refractivity contribution in [3.8, 4) is 5.75 Å². The first-order chi connectivity index (χ1) is 10.2. The summed E-state index contributed by atoms with van der Waals surface area (Å²) in [6.07, 6.45) is -4.78. The van der Waals surface area contributed by atoms with Gasteiger partial charge in [0.05, 0.1) is 0 Å². The standard InChI is InChI=1S/C15H13F3N2O2/c1-9-5-6-10(7-13(9)19)14(21)20-11-3-2-4-12(8-11)22-15(16,17)18/h2-8H,19H2,1H3,(H,20,21). The van der Waals surface area contributed by atoms with Gasteiger partial charge in [-0.3, -0.25) is 4.79 Å². The number of hydrogen-bond acceptors (Lipinski definition) is 3. The van der Waals surface area contributed by atoms with Crippen molar-refractivity contribution in [2.24, 2.45) is 0 Å². The molecule has 7 heteroatoms.